The van der Waals surface area contributed by atoms with Gasteiger partial charge >= 0.3 is 6.36 Å². The van der Waals surface area contributed by atoms with Crippen LogP contribution in [0.15, 0.2) is 52.9 Å². The highest BCUT2D eigenvalue weighted by molar-refractivity contribution is 7.89. The number of alkyl halides is 3. The highest BCUT2D eigenvalue weighted by Gasteiger charge is 2.31. The largest absolute Gasteiger partial charge is 0.573 e. The molecule has 0 radical (unpaired) electrons. The smallest absolute Gasteiger partial charge is 0.428 e. The second-order valence-electron chi connectivity index (χ2n) is 7.60. The van der Waals surface area contributed by atoms with Gasteiger partial charge in [0.25, 0.3) is 11.9 Å². The van der Waals surface area contributed by atoms with E-state index in [-0.39, 0.29) is 29.8 Å². The number of hydrogen-bond donors (Lipinski definition) is 1. The lowest BCUT2D eigenvalue weighted by Gasteiger charge is -2.21. The number of benzene rings is 2. The topological polar surface area (TPSA) is 102 Å². The second-order valence-corrected chi connectivity index (χ2v) is 9.78. The molecule has 35 heavy (non-hydrogen) atoms. The number of aryl methyl sites for hydroxylation is 1. The summed E-state index contributed by atoms with van der Waals surface area (Å²) in [5, 5.41) is 0.567. The minimum atomic E-state index is -4.84. The number of hydrogen-bond acceptors (Lipinski definition) is 7. The number of aromatic nitrogens is 1. The molecule has 13 heteroatoms. The molecular formula is C22H21ClF3N3O5S. The molecule has 1 aromatic heterocycles. The van der Waals surface area contributed by atoms with Crippen molar-refractivity contribution in [2.45, 2.75) is 26.3 Å². The van der Waals surface area contributed by atoms with E-state index in [0.29, 0.717) is 23.6 Å². The maximum atomic E-state index is 12.6. The van der Waals surface area contributed by atoms with Crippen molar-refractivity contribution in [1.29, 1.82) is 0 Å². The average molecular weight is 532 g/mol. The monoisotopic (exact) mass is 531 g/mol. The molecule has 3 aromatic rings. The number of halogens is 4. The van der Waals surface area contributed by atoms with Crippen molar-refractivity contribution >= 4 is 33.5 Å². The Morgan fingerprint density at radius 2 is 1.86 bits per heavy atom. The van der Waals surface area contributed by atoms with Gasteiger partial charge in [-0.3, -0.25) is 4.79 Å². The number of carbonyl (C=O) groups excluding carboxylic acids is 1. The number of rotatable bonds is 9. The van der Waals surface area contributed by atoms with Gasteiger partial charge < -0.3 is 14.1 Å². The number of nitrogens with one attached hydrogen (secondary N) is 1. The number of carbonyl (C=O) groups is 1. The van der Waals surface area contributed by atoms with Crippen LogP contribution in [0.5, 0.6) is 5.75 Å². The minimum absolute atomic E-state index is 0.00254. The van der Waals surface area contributed by atoms with Gasteiger partial charge in [0, 0.05) is 18.1 Å². The minimum Gasteiger partial charge on any atom is -0.428 e. The van der Waals surface area contributed by atoms with Gasteiger partial charge in [0.05, 0.1) is 6.26 Å². The van der Waals surface area contributed by atoms with Crippen molar-refractivity contribution in [2.75, 3.05) is 17.7 Å². The van der Waals surface area contributed by atoms with Crippen molar-refractivity contribution in [3.63, 3.8) is 0 Å². The predicted octanol–water partition coefficient (Wildman–Crippen LogP) is 4.47. The molecular weight excluding hydrogens is 511 g/mol. The first-order valence-electron chi connectivity index (χ1n) is 10.1. The summed E-state index contributed by atoms with van der Waals surface area (Å²) >= 11 is 5.93. The molecule has 3 rings (SSSR count). The number of ether oxygens (including phenoxy) is 1. The average Bonchev–Trinajstić information content (AvgIpc) is 3.12. The van der Waals surface area contributed by atoms with Crippen LogP contribution < -0.4 is 14.4 Å². The van der Waals surface area contributed by atoms with Crippen LogP contribution in [0, 0.1) is 6.92 Å². The highest BCUT2D eigenvalue weighted by Crippen LogP contribution is 2.26. The Morgan fingerprint density at radius 3 is 2.49 bits per heavy atom. The van der Waals surface area contributed by atoms with Crippen LogP contribution in [0.2, 0.25) is 5.02 Å². The molecule has 1 heterocycles. The predicted molar refractivity (Wildman–Crippen MR) is 123 cm³/mol. The van der Waals surface area contributed by atoms with Gasteiger partial charge in [0.15, 0.2) is 5.69 Å². The van der Waals surface area contributed by atoms with E-state index < -0.39 is 22.3 Å². The van der Waals surface area contributed by atoms with E-state index >= 15 is 0 Å². The molecule has 188 valence electrons. The van der Waals surface area contributed by atoms with Crippen LogP contribution in [-0.2, 0) is 23.0 Å². The van der Waals surface area contributed by atoms with Crippen molar-refractivity contribution in [2.24, 2.45) is 0 Å². The zero-order valence-corrected chi connectivity index (χ0v) is 20.2. The zero-order chi connectivity index (χ0) is 25.8. The number of sulfonamides is 1. The van der Waals surface area contributed by atoms with Crippen LogP contribution in [0.1, 0.15) is 27.4 Å². The maximum Gasteiger partial charge on any atom is 0.573 e. The fraction of sp³-hybridized carbons (Fsp3) is 0.273. The van der Waals surface area contributed by atoms with Crippen molar-refractivity contribution < 1.29 is 35.5 Å². The van der Waals surface area contributed by atoms with Crippen LogP contribution in [0.25, 0.3) is 0 Å². The fourth-order valence-corrected chi connectivity index (χ4v) is 3.72. The van der Waals surface area contributed by atoms with Crippen LogP contribution >= 0.6 is 11.6 Å². The van der Waals surface area contributed by atoms with Crippen molar-refractivity contribution in [1.82, 2.24) is 9.71 Å². The number of anilines is 1. The molecule has 0 aliphatic rings. The van der Waals surface area contributed by atoms with Gasteiger partial charge in [-0.1, -0.05) is 35.9 Å². The highest BCUT2D eigenvalue weighted by atomic mass is 35.5. The Kier molecular flexibility index (Phi) is 7.96. The van der Waals surface area contributed by atoms with Gasteiger partial charge in [0.2, 0.25) is 10.0 Å². The molecule has 1 N–H and O–H groups in total. The lowest BCUT2D eigenvalue weighted by atomic mass is 10.1. The summed E-state index contributed by atoms with van der Waals surface area (Å²) in [7, 11) is -3.83. The summed E-state index contributed by atoms with van der Waals surface area (Å²) in [5.41, 5.74) is 1.16. The number of oxazole rings is 1. The van der Waals surface area contributed by atoms with E-state index in [2.05, 4.69) is 9.72 Å². The standard InChI is InChI=1S/C22H21ClF3N3O5S/c1-14-19(20(30)28-35(2,31)32)27-21(33-14)29(11-10-15-6-8-17(23)9-7-15)13-16-4-3-5-18(12-16)34-22(24,25)26/h3-9,12H,10-11,13H2,1-2H3,(H,28,30). The maximum absolute atomic E-state index is 12.6. The molecule has 0 aliphatic carbocycles. The Balaban J connectivity index is 1.88. The number of amides is 1. The Morgan fingerprint density at radius 1 is 1.17 bits per heavy atom. The summed E-state index contributed by atoms with van der Waals surface area (Å²) in [6.45, 7) is 1.82. The molecule has 0 saturated heterocycles. The third-order valence-corrected chi connectivity index (χ3v) is 5.45. The van der Waals surface area contributed by atoms with E-state index in [4.69, 9.17) is 16.0 Å². The van der Waals surface area contributed by atoms with Gasteiger partial charge in [0.1, 0.15) is 11.5 Å². The van der Waals surface area contributed by atoms with Gasteiger partial charge in [-0.05, 0) is 48.7 Å². The Labute approximate surface area is 204 Å². The van der Waals surface area contributed by atoms with Crippen LogP contribution in [0.3, 0.4) is 0 Å². The van der Waals surface area contributed by atoms with E-state index in [1.54, 1.807) is 23.1 Å². The first-order valence-corrected chi connectivity index (χ1v) is 12.4. The summed E-state index contributed by atoms with van der Waals surface area (Å²) in [6.07, 6.45) is -3.52. The summed E-state index contributed by atoms with van der Waals surface area (Å²) in [5.74, 6) is -1.27. The van der Waals surface area contributed by atoms with E-state index in [9.17, 15) is 26.4 Å². The molecule has 0 saturated carbocycles. The molecule has 1 amide bonds. The third-order valence-electron chi connectivity index (χ3n) is 4.64. The van der Waals surface area contributed by atoms with Crippen molar-refractivity contribution in [3.8, 4) is 5.75 Å². The molecule has 0 atom stereocenters. The molecule has 0 aliphatic heterocycles. The fourth-order valence-electron chi connectivity index (χ4n) is 3.16. The summed E-state index contributed by atoms with van der Waals surface area (Å²) in [4.78, 5) is 18.1. The number of nitrogens with zero attached hydrogens (tertiary/aromatic N) is 2. The normalized spacial score (nSPS) is 11.8. The molecule has 0 unspecified atom stereocenters. The molecule has 8 nitrogen and oxygen atoms in total. The quantitative estimate of drug-likeness (QED) is 0.434. The second kappa shape index (κ2) is 10.6. The van der Waals surface area contributed by atoms with Gasteiger partial charge in [-0.25, -0.2) is 13.1 Å². The zero-order valence-electron chi connectivity index (χ0n) is 18.6. The first-order chi connectivity index (χ1) is 16.3. The lowest BCUT2D eigenvalue weighted by molar-refractivity contribution is -0.274. The lowest BCUT2D eigenvalue weighted by Crippen LogP contribution is -2.30. The first kappa shape index (κ1) is 26.4. The van der Waals surface area contributed by atoms with Gasteiger partial charge in [-0.2, -0.15) is 4.98 Å². The van der Waals surface area contributed by atoms with Gasteiger partial charge in [-0.15, -0.1) is 13.2 Å². The molecule has 0 spiro atoms. The molecule has 0 bridgehead atoms. The van der Waals surface area contributed by atoms with E-state index in [1.165, 1.54) is 25.1 Å². The SMILES string of the molecule is Cc1oc(N(CCc2ccc(Cl)cc2)Cc2cccc(OC(F)(F)F)c2)nc1C(=O)NS(C)(=O)=O. The molecule has 2 aromatic carbocycles. The van der Waals surface area contributed by atoms with Crippen LogP contribution in [-0.4, -0.2) is 38.5 Å². The molecule has 0 fully saturated rings. The Bertz CT molecular complexity index is 1290. The summed E-state index contributed by atoms with van der Waals surface area (Å²) in [6, 6.07) is 12.5. The van der Waals surface area contributed by atoms with E-state index in [0.717, 1.165) is 11.8 Å². The third kappa shape index (κ3) is 8.18. The Hall–Kier alpha value is -3.25. The van der Waals surface area contributed by atoms with Crippen molar-refractivity contribution in [3.05, 3.63) is 76.1 Å². The van der Waals surface area contributed by atoms with E-state index in [1.807, 2.05) is 16.9 Å². The van der Waals surface area contributed by atoms with Crippen LogP contribution in [0.4, 0.5) is 19.2 Å². The summed E-state index contributed by atoms with van der Waals surface area (Å²) < 4.78 is 72.2.